The molecule has 2 aliphatic rings. The Bertz CT molecular complexity index is 390. The summed E-state index contributed by atoms with van der Waals surface area (Å²) in [5.41, 5.74) is -0.727. The summed E-state index contributed by atoms with van der Waals surface area (Å²) >= 11 is 0. The lowest BCUT2D eigenvalue weighted by molar-refractivity contribution is -0.137. The van der Waals surface area contributed by atoms with Gasteiger partial charge in [0.2, 0.25) is 0 Å². The zero-order valence-corrected chi connectivity index (χ0v) is 10.8. The van der Waals surface area contributed by atoms with Gasteiger partial charge in [-0.25, -0.2) is 4.79 Å². The van der Waals surface area contributed by atoms with Crippen molar-refractivity contribution < 1.29 is 19.5 Å². The van der Waals surface area contributed by atoms with E-state index >= 15 is 0 Å². The highest BCUT2D eigenvalue weighted by Gasteiger charge is 2.50. The Morgan fingerprint density at radius 3 is 2.58 bits per heavy atom. The number of carboxylic acid groups (broad SMARTS) is 1. The molecule has 1 spiro atoms. The SMILES string of the molecule is O=C(O)CCCCN1C(=O)NC2(CCNCC2)C1=O. The van der Waals surface area contributed by atoms with E-state index in [1.54, 1.807) is 0 Å². The molecule has 0 radical (unpaired) electrons. The molecule has 0 atom stereocenters. The molecule has 0 unspecified atom stereocenters. The number of rotatable bonds is 5. The zero-order valence-electron chi connectivity index (χ0n) is 10.8. The number of carbonyl (C=O) groups is 3. The summed E-state index contributed by atoms with van der Waals surface area (Å²) in [6, 6.07) is -0.345. The maximum Gasteiger partial charge on any atom is 0.325 e. The van der Waals surface area contributed by atoms with Gasteiger partial charge in [0.15, 0.2) is 0 Å². The number of urea groups is 1. The van der Waals surface area contributed by atoms with Gasteiger partial charge in [0.25, 0.3) is 5.91 Å². The molecule has 0 saturated carbocycles. The first-order valence-corrected chi connectivity index (χ1v) is 6.62. The van der Waals surface area contributed by atoms with Crippen molar-refractivity contribution in [2.24, 2.45) is 0 Å². The molecule has 0 bridgehead atoms. The van der Waals surface area contributed by atoms with Crippen LogP contribution in [0, 0.1) is 0 Å². The maximum absolute atomic E-state index is 12.3. The van der Waals surface area contributed by atoms with E-state index in [4.69, 9.17) is 5.11 Å². The van der Waals surface area contributed by atoms with Crippen molar-refractivity contribution in [2.75, 3.05) is 19.6 Å². The van der Waals surface area contributed by atoms with Crippen LogP contribution >= 0.6 is 0 Å². The van der Waals surface area contributed by atoms with Gasteiger partial charge in [-0.15, -0.1) is 0 Å². The normalized spacial score (nSPS) is 21.8. The Morgan fingerprint density at radius 2 is 1.95 bits per heavy atom. The summed E-state index contributed by atoms with van der Waals surface area (Å²) in [5, 5.41) is 14.5. The van der Waals surface area contributed by atoms with E-state index in [1.165, 1.54) is 4.90 Å². The number of aliphatic carboxylic acids is 1. The molecule has 0 aromatic carbocycles. The monoisotopic (exact) mass is 269 g/mol. The van der Waals surface area contributed by atoms with Crippen molar-refractivity contribution in [2.45, 2.75) is 37.6 Å². The van der Waals surface area contributed by atoms with Gasteiger partial charge in [-0.3, -0.25) is 14.5 Å². The number of unbranched alkanes of at least 4 members (excludes halogenated alkanes) is 1. The smallest absolute Gasteiger partial charge is 0.325 e. The highest BCUT2D eigenvalue weighted by atomic mass is 16.4. The topological polar surface area (TPSA) is 98.7 Å². The molecule has 3 N–H and O–H groups in total. The van der Waals surface area contributed by atoms with Gasteiger partial charge in [0, 0.05) is 13.0 Å². The van der Waals surface area contributed by atoms with Gasteiger partial charge in [-0.2, -0.15) is 0 Å². The van der Waals surface area contributed by atoms with Crippen molar-refractivity contribution in [1.29, 1.82) is 0 Å². The van der Waals surface area contributed by atoms with Gasteiger partial charge < -0.3 is 15.7 Å². The molecule has 0 aromatic heterocycles. The van der Waals surface area contributed by atoms with Crippen molar-refractivity contribution in [3.63, 3.8) is 0 Å². The van der Waals surface area contributed by atoms with E-state index < -0.39 is 11.5 Å². The van der Waals surface area contributed by atoms with Crippen molar-refractivity contribution in [3.05, 3.63) is 0 Å². The van der Waals surface area contributed by atoms with E-state index in [1.807, 2.05) is 0 Å². The average molecular weight is 269 g/mol. The minimum atomic E-state index is -0.855. The van der Waals surface area contributed by atoms with E-state index in [0.717, 1.165) is 13.1 Å². The molecular formula is C12H19N3O4. The average Bonchev–Trinajstić information content (AvgIpc) is 2.59. The predicted octanol–water partition coefficient (Wildman–Crippen LogP) is -0.0847. The number of piperidine rings is 1. The van der Waals surface area contributed by atoms with Crippen LogP contribution in [0.5, 0.6) is 0 Å². The Kier molecular flexibility index (Phi) is 4.04. The molecule has 2 aliphatic heterocycles. The van der Waals surface area contributed by atoms with Crippen LogP contribution in [0.15, 0.2) is 0 Å². The number of imide groups is 1. The van der Waals surface area contributed by atoms with Crippen LogP contribution in [0.3, 0.4) is 0 Å². The molecule has 2 fully saturated rings. The summed E-state index contributed by atoms with van der Waals surface area (Å²) in [5.74, 6) is -1.01. The van der Waals surface area contributed by atoms with E-state index in [9.17, 15) is 14.4 Å². The molecule has 7 nitrogen and oxygen atoms in total. The minimum absolute atomic E-state index is 0.0682. The van der Waals surface area contributed by atoms with Gasteiger partial charge in [0.1, 0.15) is 5.54 Å². The summed E-state index contributed by atoms with van der Waals surface area (Å²) in [4.78, 5) is 35.8. The van der Waals surface area contributed by atoms with Gasteiger partial charge in [-0.1, -0.05) is 0 Å². The number of nitrogens with zero attached hydrogens (tertiary/aromatic N) is 1. The van der Waals surface area contributed by atoms with Crippen LogP contribution in [0.1, 0.15) is 32.1 Å². The lowest BCUT2D eigenvalue weighted by Gasteiger charge is -2.31. The van der Waals surface area contributed by atoms with E-state index in [2.05, 4.69) is 10.6 Å². The number of amides is 3. The second kappa shape index (κ2) is 5.56. The molecule has 7 heteroatoms. The van der Waals surface area contributed by atoms with E-state index in [0.29, 0.717) is 32.2 Å². The molecule has 0 aromatic rings. The second-order valence-corrected chi connectivity index (χ2v) is 5.07. The summed E-state index contributed by atoms with van der Waals surface area (Å²) in [6.45, 7) is 1.74. The molecule has 2 saturated heterocycles. The Morgan fingerprint density at radius 1 is 1.26 bits per heavy atom. The lowest BCUT2D eigenvalue weighted by atomic mass is 9.88. The lowest BCUT2D eigenvalue weighted by Crippen LogP contribution is -2.53. The van der Waals surface area contributed by atoms with Crippen molar-refractivity contribution in [1.82, 2.24) is 15.5 Å². The van der Waals surface area contributed by atoms with E-state index in [-0.39, 0.29) is 18.4 Å². The Hall–Kier alpha value is -1.63. The summed E-state index contributed by atoms with van der Waals surface area (Å²) in [6.07, 6.45) is 2.30. The molecular weight excluding hydrogens is 250 g/mol. The second-order valence-electron chi connectivity index (χ2n) is 5.07. The molecule has 2 heterocycles. The fourth-order valence-electron chi connectivity index (χ4n) is 2.62. The summed E-state index contributed by atoms with van der Waals surface area (Å²) in [7, 11) is 0. The third kappa shape index (κ3) is 2.86. The number of carbonyl (C=O) groups excluding carboxylic acids is 2. The number of hydrogen-bond donors (Lipinski definition) is 3. The highest BCUT2D eigenvalue weighted by molar-refractivity contribution is 6.07. The fraction of sp³-hybridized carbons (Fsp3) is 0.750. The number of nitrogens with one attached hydrogen (secondary N) is 2. The standard InChI is InChI=1S/C12H19N3O4/c16-9(17)3-1-2-8-15-10(18)12(14-11(15)19)4-6-13-7-5-12/h13H,1-8H2,(H,14,19)(H,16,17). The third-order valence-electron chi connectivity index (χ3n) is 3.73. The highest BCUT2D eigenvalue weighted by Crippen LogP contribution is 2.27. The predicted molar refractivity (Wildman–Crippen MR) is 66.6 cm³/mol. The van der Waals surface area contributed by atoms with Crippen molar-refractivity contribution in [3.8, 4) is 0 Å². The van der Waals surface area contributed by atoms with Gasteiger partial charge in [0.05, 0.1) is 0 Å². The van der Waals surface area contributed by atoms with Crippen LogP contribution in [-0.2, 0) is 9.59 Å². The maximum atomic E-state index is 12.3. The first kappa shape index (κ1) is 13.8. The largest absolute Gasteiger partial charge is 0.481 e. The van der Waals surface area contributed by atoms with Gasteiger partial charge >= 0.3 is 12.0 Å². The minimum Gasteiger partial charge on any atom is -0.481 e. The first-order chi connectivity index (χ1) is 9.05. The van der Waals surface area contributed by atoms with Crippen LogP contribution in [-0.4, -0.2) is 53.1 Å². The van der Waals surface area contributed by atoms with Gasteiger partial charge in [-0.05, 0) is 38.8 Å². The number of hydrogen-bond acceptors (Lipinski definition) is 4. The summed E-state index contributed by atoms with van der Waals surface area (Å²) < 4.78 is 0. The fourth-order valence-corrected chi connectivity index (χ4v) is 2.62. The first-order valence-electron chi connectivity index (χ1n) is 6.62. The van der Waals surface area contributed by atoms with Crippen LogP contribution in [0.2, 0.25) is 0 Å². The zero-order chi connectivity index (χ0) is 13.9. The van der Waals surface area contributed by atoms with Crippen LogP contribution in [0.25, 0.3) is 0 Å². The third-order valence-corrected chi connectivity index (χ3v) is 3.73. The van der Waals surface area contributed by atoms with Crippen molar-refractivity contribution >= 4 is 17.9 Å². The molecule has 2 rings (SSSR count). The number of carboxylic acids is 1. The molecule has 0 aliphatic carbocycles. The Labute approximate surface area is 111 Å². The van der Waals surface area contributed by atoms with Crippen LogP contribution < -0.4 is 10.6 Å². The molecule has 3 amide bonds. The quantitative estimate of drug-likeness (QED) is 0.479. The Balaban J connectivity index is 1.89. The molecule has 106 valence electrons. The van der Waals surface area contributed by atoms with Crippen LogP contribution in [0.4, 0.5) is 4.79 Å². The molecule has 19 heavy (non-hydrogen) atoms.